The van der Waals surface area contributed by atoms with Gasteiger partial charge in [-0.05, 0) is 0 Å². The summed E-state index contributed by atoms with van der Waals surface area (Å²) in [6.07, 6.45) is 0. The van der Waals surface area contributed by atoms with E-state index in [2.05, 4.69) is 12.2 Å². The van der Waals surface area contributed by atoms with Crippen LogP contribution in [0.3, 0.4) is 0 Å². The number of urea groups is 1. The van der Waals surface area contributed by atoms with Crippen molar-refractivity contribution in [1.29, 1.82) is 0 Å². The molecule has 0 aliphatic rings. The number of rotatable bonds is 2. The van der Waals surface area contributed by atoms with Crippen LogP contribution in [0.4, 0.5) is 4.79 Å². The maximum atomic E-state index is 10.3. The largest absolute Gasteiger partial charge is 0.392 e. The van der Waals surface area contributed by atoms with Crippen LogP contribution in [-0.4, -0.2) is 29.5 Å². The summed E-state index contributed by atoms with van der Waals surface area (Å²) in [5, 5.41) is 0. The van der Waals surface area contributed by atoms with E-state index in [4.69, 9.17) is 11.5 Å². The maximum Gasteiger partial charge on any atom is 0.314 e. The molecule has 0 aromatic carbocycles. The van der Waals surface area contributed by atoms with Gasteiger partial charge in [0.05, 0.1) is 11.5 Å². The van der Waals surface area contributed by atoms with Gasteiger partial charge >= 0.3 is 6.03 Å². The number of thiocarbonyl (C=S) groups is 1. The van der Waals surface area contributed by atoms with Crippen molar-refractivity contribution in [2.24, 2.45) is 11.5 Å². The molecule has 0 spiro atoms. The highest BCUT2D eigenvalue weighted by molar-refractivity contribution is 7.80. The Morgan fingerprint density at radius 1 is 1.67 bits per heavy atom. The number of likely N-dealkylation sites (N-methyl/N-ethyl adjacent to an activating group) is 1. The number of primary amides is 1. The van der Waals surface area contributed by atoms with Crippen LogP contribution in [0.25, 0.3) is 0 Å². The Labute approximate surface area is 58.8 Å². The van der Waals surface area contributed by atoms with Crippen molar-refractivity contribution in [3.63, 3.8) is 0 Å². The first-order chi connectivity index (χ1) is 4.04. The van der Waals surface area contributed by atoms with Gasteiger partial charge in [0.2, 0.25) is 0 Å². The number of hydrogen-bond donors (Lipinski definition) is 2. The average molecular weight is 147 g/mol. The highest BCUT2D eigenvalue weighted by Crippen LogP contribution is 1.79. The average Bonchev–Trinajstić information content (AvgIpc) is 1.63. The lowest BCUT2D eigenvalue weighted by Crippen LogP contribution is -2.37. The van der Waals surface area contributed by atoms with E-state index < -0.39 is 6.03 Å². The fraction of sp³-hybridized carbons (Fsp3) is 0.500. The monoisotopic (exact) mass is 147 g/mol. The summed E-state index contributed by atoms with van der Waals surface area (Å²) < 4.78 is 0. The first kappa shape index (κ1) is 8.16. The van der Waals surface area contributed by atoms with Gasteiger partial charge in [-0.3, -0.25) is 0 Å². The molecule has 0 saturated carbocycles. The molecular formula is C4H9N3OS. The quantitative estimate of drug-likeness (QED) is 0.506. The molecule has 0 aromatic heterocycles. The van der Waals surface area contributed by atoms with Crippen LogP contribution in [0.2, 0.25) is 0 Å². The number of hydrogen-bond acceptors (Lipinski definition) is 2. The van der Waals surface area contributed by atoms with Gasteiger partial charge < -0.3 is 16.4 Å². The van der Waals surface area contributed by atoms with Gasteiger partial charge in [-0.1, -0.05) is 12.2 Å². The Kier molecular flexibility index (Phi) is 2.94. The van der Waals surface area contributed by atoms with Crippen LogP contribution in [0.1, 0.15) is 0 Å². The first-order valence-corrected chi connectivity index (χ1v) is 2.73. The summed E-state index contributed by atoms with van der Waals surface area (Å²) in [5.74, 6) is 0. The van der Waals surface area contributed by atoms with Gasteiger partial charge in [-0.25, -0.2) is 4.79 Å². The van der Waals surface area contributed by atoms with Crippen molar-refractivity contribution >= 4 is 23.2 Å². The fourth-order valence-corrected chi connectivity index (χ4v) is 0.505. The molecule has 4 N–H and O–H groups in total. The standard InChI is InChI=1S/C4H9N3OS/c1-7(4(6)8)2-3(5)9/h2H2,1H3,(H2,5,9)(H2,6,8). The Morgan fingerprint density at radius 3 is 2.22 bits per heavy atom. The second-order valence-electron chi connectivity index (χ2n) is 1.66. The third kappa shape index (κ3) is 3.72. The highest BCUT2D eigenvalue weighted by Gasteiger charge is 2.01. The normalized spacial score (nSPS) is 8.56. The zero-order chi connectivity index (χ0) is 7.44. The van der Waals surface area contributed by atoms with Crippen molar-refractivity contribution in [3.8, 4) is 0 Å². The molecule has 0 aromatic rings. The molecule has 0 bridgehead atoms. The molecule has 0 fully saturated rings. The van der Waals surface area contributed by atoms with E-state index in [1.54, 1.807) is 0 Å². The van der Waals surface area contributed by atoms with Crippen LogP contribution < -0.4 is 11.5 Å². The molecule has 0 aliphatic carbocycles. The summed E-state index contributed by atoms with van der Waals surface area (Å²) in [7, 11) is 1.53. The van der Waals surface area contributed by atoms with Crippen LogP contribution in [0.15, 0.2) is 0 Å². The molecule has 0 aliphatic heterocycles. The van der Waals surface area contributed by atoms with Gasteiger partial charge in [0.25, 0.3) is 0 Å². The zero-order valence-electron chi connectivity index (χ0n) is 5.13. The number of nitrogens with two attached hydrogens (primary N) is 2. The summed E-state index contributed by atoms with van der Waals surface area (Å²) in [4.78, 5) is 11.8. The molecule has 9 heavy (non-hydrogen) atoms. The highest BCUT2D eigenvalue weighted by atomic mass is 32.1. The van der Waals surface area contributed by atoms with Gasteiger partial charge in [-0.15, -0.1) is 0 Å². The lowest BCUT2D eigenvalue weighted by molar-refractivity contribution is 0.224. The molecule has 2 amide bonds. The third-order valence-electron chi connectivity index (χ3n) is 0.769. The minimum atomic E-state index is -0.525. The summed E-state index contributed by atoms with van der Waals surface area (Å²) >= 11 is 4.52. The first-order valence-electron chi connectivity index (χ1n) is 2.33. The SMILES string of the molecule is CN(CC(N)=S)C(N)=O. The second-order valence-corrected chi connectivity index (χ2v) is 2.18. The Balaban J connectivity index is 3.63. The van der Waals surface area contributed by atoms with Crippen molar-refractivity contribution in [2.75, 3.05) is 13.6 Å². The van der Waals surface area contributed by atoms with Gasteiger partial charge in [0.15, 0.2) is 0 Å². The van der Waals surface area contributed by atoms with Crippen LogP contribution in [0, 0.1) is 0 Å². The molecule has 0 atom stereocenters. The minimum absolute atomic E-state index is 0.241. The summed E-state index contributed by atoms with van der Waals surface area (Å²) in [6.45, 7) is 0.241. The van der Waals surface area contributed by atoms with E-state index in [1.807, 2.05) is 0 Å². The third-order valence-corrected chi connectivity index (χ3v) is 0.898. The molecule has 0 saturated heterocycles. The molecule has 52 valence electrons. The van der Waals surface area contributed by atoms with Gasteiger partial charge in [-0.2, -0.15) is 0 Å². The fourth-order valence-electron chi connectivity index (χ4n) is 0.312. The predicted molar refractivity (Wildman–Crippen MR) is 39.0 cm³/mol. The lowest BCUT2D eigenvalue weighted by atomic mass is 10.6. The zero-order valence-corrected chi connectivity index (χ0v) is 5.94. The van der Waals surface area contributed by atoms with Crippen molar-refractivity contribution in [2.45, 2.75) is 0 Å². The van der Waals surface area contributed by atoms with Crippen molar-refractivity contribution in [3.05, 3.63) is 0 Å². The van der Waals surface area contributed by atoms with Gasteiger partial charge in [0, 0.05) is 7.05 Å². The number of amides is 2. The molecule has 0 radical (unpaired) electrons. The summed E-state index contributed by atoms with van der Waals surface area (Å²) in [6, 6.07) is -0.525. The number of carbonyl (C=O) groups excluding carboxylic acids is 1. The Morgan fingerprint density at radius 2 is 2.11 bits per heavy atom. The van der Waals surface area contributed by atoms with Crippen LogP contribution >= 0.6 is 12.2 Å². The maximum absolute atomic E-state index is 10.3. The molecule has 4 nitrogen and oxygen atoms in total. The van der Waals surface area contributed by atoms with Crippen molar-refractivity contribution in [1.82, 2.24) is 4.90 Å². The van der Waals surface area contributed by atoms with Crippen molar-refractivity contribution < 1.29 is 4.79 Å². The Bertz CT molecular complexity index is 136. The van der Waals surface area contributed by atoms with E-state index in [0.29, 0.717) is 0 Å². The lowest BCUT2D eigenvalue weighted by Gasteiger charge is -2.11. The number of carbonyl (C=O) groups is 1. The van der Waals surface area contributed by atoms with E-state index in [9.17, 15) is 4.79 Å². The molecule has 5 heteroatoms. The Hall–Kier alpha value is -0.840. The van der Waals surface area contributed by atoms with E-state index in [1.165, 1.54) is 11.9 Å². The topological polar surface area (TPSA) is 72.3 Å². The van der Waals surface area contributed by atoms with Crippen LogP contribution in [-0.2, 0) is 0 Å². The molecule has 0 heterocycles. The predicted octanol–water partition coefficient (Wildman–Crippen LogP) is -0.717. The smallest absolute Gasteiger partial charge is 0.314 e. The number of nitrogens with zero attached hydrogens (tertiary/aromatic N) is 1. The molecule has 0 unspecified atom stereocenters. The van der Waals surface area contributed by atoms with Gasteiger partial charge in [0.1, 0.15) is 0 Å². The van der Waals surface area contributed by atoms with E-state index >= 15 is 0 Å². The summed E-state index contributed by atoms with van der Waals surface area (Å²) in [5.41, 5.74) is 9.97. The molecular weight excluding hydrogens is 138 g/mol. The minimum Gasteiger partial charge on any atom is -0.392 e. The van der Waals surface area contributed by atoms with E-state index in [-0.39, 0.29) is 11.5 Å². The second kappa shape index (κ2) is 3.24. The molecule has 0 rings (SSSR count). The van der Waals surface area contributed by atoms with E-state index in [0.717, 1.165) is 0 Å². The van der Waals surface area contributed by atoms with Crippen LogP contribution in [0.5, 0.6) is 0 Å².